The summed E-state index contributed by atoms with van der Waals surface area (Å²) in [4.78, 5) is 3.80. The van der Waals surface area contributed by atoms with Crippen LogP contribution in [0.15, 0.2) is 41.0 Å². The summed E-state index contributed by atoms with van der Waals surface area (Å²) in [6.07, 6.45) is 1.10. The Morgan fingerprint density at radius 2 is 1.89 bits per heavy atom. The summed E-state index contributed by atoms with van der Waals surface area (Å²) in [7, 11) is 1.57. The van der Waals surface area contributed by atoms with Crippen molar-refractivity contribution in [3.63, 3.8) is 0 Å². The quantitative estimate of drug-likeness (QED) is 0.810. The van der Waals surface area contributed by atoms with Crippen molar-refractivity contribution in [1.82, 2.24) is 4.98 Å². The first kappa shape index (κ1) is 15.4. The molecule has 3 nitrogen and oxygen atoms in total. The molecule has 0 bridgehead atoms. The van der Waals surface area contributed by atoms with Crippen molar-refractivity contribution in [3.05, 3.63) is 46.8 Å². The summed E-state index contributed by atoms with van der Waals surface area (Å²) in [5.74, 6) is 1.16. The fraction of sp³-hybridized carbons (Fsp3) is 0.214. The third kappa shape index (κ3) is 4.52. The number of hydrogen-bond donors (Lipinski definition) is 0. The van der Waals surface area contributed by atoms with Crippen molar-refractivity contribution < 1.29 is 13.9 Å². The Balaban J connectivity index is 0.000000861. The molecule has 0 aliphatic carbocycles. The van der Waals surface area contributed by atoms with Gasteiger partial charge >= 0.3 is 0 Å². The van der Waals surface area contributed by atoms with Crippen LogP contribution in [0.5, 0.6) is 17.4 Å². The summed E-state index contributed by atoms with van der Waals surface area (Å²) < 4.78 is 24.1. The van der Waals surface area contributed by atoms with E-state index in [4.69, 9.17) is 9.47 Å². The predicted molar refractivity (Wildman–Crippen MR) is 76.3 cm³/mol. The van der Waals surface area contributed by atoms with Gasteiger partial charge in [-0.15, -0.1) is 0 Å². The van der Waals surface area contributed by atoms with Crippen LogP contribution in [0.25, 0.3) is 0 Å². The number of aromatic nitrogens is 1. The van der Waals surface area contributed by atoms with E-state index < -0.39 is 5.82 Å². The number of halogens is 2. The molecule has 0 fully saturated rings. The second-order valence-corrected chi connectivity index (χ2v) is 4.07. The third-order valence-corrected chi connectivity index (χ3v) is 2.70. The molecular formula is C14H15BrFNO2. The van der Waals surface area contributed by atoms with E-state index in [2.05, 4.69) is 20.9 Å². The summed E-state index contributed by atoms with van der Waals surface area (Å²) in [5, 5.41) is 0. The van der Waals surface area contributed by atoms with Gasteiger partial charge in [-0.3, -0.25) is 0 Å². The molecule has 0 N–H and O–H groups in total. The summed E-state index contributed by atoms with van der Waals surface area (Å²) in [6, 6.07) is 8.03. The van der Waals surface area contributed by atoms with Crippen molar-refractivity contribution in [2.75, 3.05) is 7.11 Å². The minimum atomic E-state index is -0.397. The molecule has 1 aromatic heterocycles. The molecule has 0 spiro atoms. The van der Waals surface area contributed by atoms with E-state index in [1.54, 1.807) is 25.3 Å². The molecule has 2 aromatic rings. The normalized spacial score (nSPS) is 9.32. The Morgan fingerprint density at radius 3 is 2.47 bits per heavy atom. The van der Waals surface area contributed by atoms with Crippen LogP contribution in [-0.4, -0.2) is 12.1 Å². The highest BCUT2D eigenvalue weighted by Crippen LogP contribution is 2.30. The molecule has 1 aromatic carbocycles. The van der Waals surface area contributed by atoms with Gasteiger partial charge in [0.25, 0.3) is 0 Å². The molecule has 0 amide bonds. The summed E-state index contributed by atoms with van der Waals surface area (Å²) in [6.45, 7) is 4.00. The second kappa shape index (κ2) is 7.74. The standard InChI is InChI=1S/C12H9BrFNO2.C2H6/c1-16-11-6-9(3-4-10(11)13)17-12-5-2-8(14)7-15-12;1-2/h2-7H,1H3;1-2H3. The number of hydrogen-bond acceptors (Lipinski definition) is 3. The predicted octanol–water partition coefficient (Wildman–Crippen LogP) is 4.81. The Morgan fingerprint density at radius 1 is 1.16 bits per heavy atom. The second-order valence-electron chi connectivity index (χ2n) is 3.21. The van der Waals surface area contributed by atoms with Gasteiger partial charge in [0.05, 0.1) is 17.8 Å². The van der Waals surface area contributed by atoms with Gasteiger partial charge in [-0.1, -0.05) is 13.8 Å². The molecule has 2 rings (SSSR count). The van der Waals surface area contributed by atoms with Crippen molar-refractivity contribution >= 4 is 15.9 Å². The molecule has 1 heterocycles. The van der Waals surface area contributed by atoms with Gasteiger partial charge in [0, 0.05) is 12.1 Å². The fourth-order valence-electron chi connectivity index (χ4n) is 1.25. The molecule has 0 aliphatic heterocycles. The lowest BCUT2D eigenvalue weighted by molar-refractivity contribution is 0.404. The lowest BCUT2D eigenvalue weighted by Gasteiger charge is -2.07. The highest BCUT2D eigenvalue weighted by molar-refractivity contribution is 9.10. The number of ether oxygens (including phenoxy) is 2. The Kier molecular flexibility index (Phi) is 6.29. The average Bonchev–Trinajstić information content (AvgIpc) is 2.45. The largest absolute Gasteiger partial charge is 0.495 e. The zero-order valence-electron chi connectivity index (χ0n) is 11.0. The fourth-order valence-corrected chi connectivity index (χ4v) is 1.66. The van der Waals surface area contributed by atoms with Crippen LogP contribution in [0.1, 0.15) is 13.8 Å². The van der Waals surface area contributed by atoms with E-state index in [1.165, 1.54) is 12.1 Å². The Hall–Kier alpha value is -1.62. The average molecular weight is 328 g/mol. The minimum Gasteiger partial charge on any atom is -0.495 e. The summed E-state index contributed by atoms with van der Waals surface area (Å²) >= 11 is 3.34. The van der Waals surface area contributed by atoms with E-state index in [0.717, 1.165) is 10.7 Å². The lowest BCUT2D eigenvalue weighted by Crippen LogP contribution is -1.90. The molecule has 102 valence electrons. The van der Waals surface area contributed by atoms with Gasteiger partial charge in [-0.05, 0) is 34.1 Å². The maximum Gasteiger partial charge on any atom is 0.219 e. The molecule has 0 saturated heterocycles. The number of rotatable bonds is 3. The number of benzene rings is 1. The van der Waals surface area contributed by atoms with E-state index in [9.17, 15) is 4.39 Å². The van der Waals surface area contributed by atoms with E-state index in [0.29, 0.717) is 17.4 Å². The Bertz CT molecular complexity index is 517. The topological polar surface area (TPSA) is 31.4 Å². The molecule has 0 aliphatic rings. The van der Waals surface area contributed by atoms with Crippen molar-refractivity contribution in [2.45, 2.75) is 13.8 Å². The number of nitrogens with zero attached hydrogens (tertiary/aromatic N) is 1. The third-order valence-electron chi connectivity index (χ3n) is 2.05. The zero-order chi connectivity index (χ0) is 14.3. The van der Waals surface area contributed by atoms with Crippen LogP contribution in [0.2, 0.25) is 0 Å². The van der Waals surface area contributed by atoms with Crippen LogP contribution >= 0.6 is 15.9 Å². The molecule has 0 saturated carbocycles. The smallest absolute Gasteiger partial charge is 0.219 e. The van der Waals surface area contributed by atoms with Gasteiger partial charge in [0.15, 0.2) is 0 Å². The first-order chi connectivity index (χ1) is 9.19. The van der Waals surface area contributed by atoms with Crippen LogP contribution in [0.4, 0.5) is 4.39 Å². The molecule has 5 heteroatoms. The molecule has 0 radical (unpaired) electrons. The Labute approximate surface area is 120 Å². The van der Waals surface area contributed by atoms with Gasteiger partial charge in [0.2, 0.25) is 5.88 Å². The van der Waals surface area contributed by atoms with Crippen molar-refractivity contribution in [2.24, 2.45) is 0 Å². The molecule has 0 atom stereocenters. The molecule has 19 heavy (non-hydrogen) atoms. The van der Waals surface area contributed by atoms with E-state index in [1.807, 2.05) is 13.8 Å². The maximum atomic E-state index is 12.7. The first-order valence-electron chi connectivity index (χ1n) is 5.82. The van der Waals surface area contributed by atoms with Crippen LogP contribution in [-0.2, 0) is 0 Å². The monoisotopic (exact) mass is 327 g/mol. The SMILES string of the molecule is CC.COc1cc(Oc2ccc(F)cn2)ccc1Br. The minimum absolute atomic E-state index is 0.329. The zero-order valence-corrected chi connectivity index (χ0v) is 12.6. The van der Waals surface area contributed by atoms with Crippen LogP contribution in [0, 0.1) is 5.82 Å². The summed E-state index contributed by atoms with van der Waals surface area (Å²) in [5.41, 5.74) is 0. The molecular weight excluding hydrogens is 313 g/mol. The highest BCUT2D eigenvalue weighted by atomic mass is 79.9. The maximum absolute atomic E-state index is 12.7. The van der Waals surface area contributed by atoms with E-state index >= 15 is 0 Å². The number of pyridine rings is 1. The van der Waals surface area contributed by atoms with Crippen molar-refractivity contribution in [1.29, 1.82) is 0 Å². The van der Waals surface area contributed by atoms with Crippen LogP contribution in [0.3, 0.4) is 0 Å². The van der Waals surface area contributed by atoms with Gasteiger partial charge in [0.1, 0.15) is 17.3 Å². The van der Waals surface area contributed by atoms with E-state index in [-0.39, 0.29) is 0 Å². The van der Waals surface area contributed by atoms with Gasteiger partial charge < -0.3 is 9.47 Å². The van der Waals surface area contributed by atoms with Crippen LogP contribution < -0.4 is 9.47 Å². The number of methoxy groups -OCH3 is 1. The molecule has 0 unspecified atom stereocenters. The lowest BCUT2D eigenvalue weighted by atomic mass is 10.3. The van der Waals surface area contributed by atoms with Crippen molar-refractivity contribution in [3.8, 4) is 17.4 Å². The highest BCUT2D eigenvalue weighted by Gasteiger charge is 2.04. The van der Waals surface area contributed by atoms with Gasteiger partial charge in [-0.25, -0.2) is 9.37 Å². The van der Waals surface area contributed by atoms with Gasteiger partial charge in [-0.2, -0.15) is 0 Å². The first-order valence-corrected chi connectivity index (χ1v) is 6.61.